The predicted octanol–water partition coefficient (Wildman–Crippen LogP) is 1.62. The van der Waals surface area contributed by atoms with Crippen LogP contribution in [-0.2, 0) is 22.7 Å². The van der Waals surface area contributed by atoms with Gasteiger partial charge in [-0.25, -0.2) is 4.79 Å². The van der Waals surface area contributed by atoms with Gasteiger partial charge in [0.25, 0.3) is 5.91 Å². The summed E-state index contributed by atoms with van der Waals surface area (Å²) in [6.45, 7) is 2.24. The van der Waals surface area contributed by atoms with E-state index in [9.17, 15) is 14.4 Å². The molecule has 5 rings (SSSR count). The van der Waals surface area contributed by atoms with E-state index in [0.29, 0.717) is 44.0 Å². The second-order valence-corrected chi connectivity index (χ2v) is 8.63. The van der Waals surface area contributed by atoms with Crippen LogP contribution in [0.4, 0.5) is 4.79 Å². The summed E-state index contributed by atoms with van der Waals surface area (Å²) in [5, 5.41) is 5.85. The van der Waals surface area contributed by atoms with Gasteiger partial charge >= 0.3 is 6.03 Å². The van der Waals surface area contributed by atoms with Gasteiger partial charge in [0.1, 0.15) is 5.54 Å². The average molecular weight is 450 g/mol. The molecule has 3 heterocycles. The Bertz CT molecular complexity index is 1070. The van der Waals surface area contributed by atoms with E-state index in [1.807, 2.05) is 53.4 Å². The van der Waals surface area contributed by atoms with Gasteiger partial charge < -0.3 is 20.1 Å². The molecule has 1 spiro atoms. The van der Waals surface area contributed by atoms with Crippen LogP contribution in [0.3, 0.4) is 0 Å². The van der Waals surface area contributed by atoms with Crippen molar-refractivity contribution in [2.45, 2.75) is 31.5 Å². The molecule has 0 unspecified atom stereocenters. The number of piperidine rings is 1. The Kier molecular flexibility index (Phi) is 5.63. The van der Waals surface area contributed by atoms with Gasteiger partial charge in [-0.2, -0.15) is 0 Å². The normalized spacial score (nSPS) is 19.1. The fourth-order valence-electron chi connectivity index (χ4n) is 4.53. The van der Waals surface area contributed by atoms with Gasteiger partial charge in [-0.1, -0.05) is 36.4 Å². The Morgan fingerprint density at radius 1 is 1.00 bits per heavy atom. The van der Waals surface area contributed by atoms with Crippen molar-refractivity contribution in [2.75, 3.05) is 26.4 Å². The van der Waals surface area contributed by atoms with Crippen molar-refractivity contribution in [2.24, 2.45) is 0 Å². The lowest BCUT2D eigenvalue weighted by molar-refractivity contribution is -0.133. The fourth-order valence-corrected chi connectivity index (χ4v) is 4.53. The number of rotatable bonds is 6. The highest BCUT2D eigenvalue weighted by Gasteiger charge is 2.52. The Morgan fingerprint density at radius 3 is 2.55 bits per heavy atom. The van der Waals surface area contributed by atoms with Crippen molar-refractivity contribution in [3.05, 3.63) is 59.7 Å². The van der Waals surface area contributed by atoms with Crippen LogP contribution in [0.5, 0.6) is 11.5 Å². The largest absolute Gasteiger partial charge is 0.454 e. The van der Waals surface area contributed by atoms with E-state index in [4.69, 9.17) is 9.47 Å². The molecule has 0 radical (unpaired) electrons. The molecule has 4 amide bonds. The van der Waals surface area contributed by atoms with Crippen molar-refractivity contribution < 1.29 is 23.9 Å². The number of likely N-dealkylation sites (tertiary alicyclic amines) is 1. The highest BCUT2D eigenvalue weighted by Crippen LogP contribution is 2.32. The van der Waals surface area contributed by atoms with E-state index in [0.717, 1.165) is 11.1 Å². The van der Waals surface area contributed by atoms with Crippen LogP contribution in [0, 0.1) is 0 Å². The first kappa shape index (κ1) is 21.3. The summed E-state index contributed by atoms with van der Waals surface area (Å²) in [6.07, 6.45) is 0.969. The lowest BCUT2D eigenvalue weighted by Gasteiger charge is -2.36. The zero-order valence-electron chi connectivity index (χ0n) is 18.2. The van der Waals surface area contributed by atoms with Crippen LogP contribution in [0.1, 0.15) is 24.0 Å². The van der Waals surface area contributed by atoms with Gasteiger partial charge in [-0.05, 0) is 36.1 Å². The van der Waals surface area contributed by atoms with Gasteiger partial charge in [0, 0.05) is 19.6 Å². The van der Waals surface area contributed by atoms with Crippen molar-refractivity contribution in [3.8, 4) is 11.5 Å². The third-order valence-corrected chi connectivity index (χ3v) is 6.43. The summed E-state index contributed by atoms with van der Waals surface area (Å²) in [4.78, 5) is 41.4. The molecule has 2 aromatic carbocycles. The molecule has 0 aliphatic carbocycles. The van der Waals surface area contributed by atoms with E-state index < -0.39 is 5.54 Å². The monoisotopic (exact) mass is 450 g/mol. The van der Waals surface area contributed by atoms with Gasteiger partial charge in [0.05, 0.1) is 13.1 Å². The third-order valence-electron chi connectivity index (χ3n) is 6.43. The molecule has 9 heteroatoms. The number of hydrogen-bond donors (Lipinski definition) is 2. The first-order valence-corrected chi connectivity index (χ1v) is 11.1. The quantitative estimate of drug-likeness (QED) is 0.649. The van der Waals surface area contributed by atoms with Gasteiger partial charge in [-0.15, -0.1) is 0 Å². The van der Waals surface area contributed by atoms with Crippen LogP contribution in [0.2, 0.25) is 0 Å². The van der Waals surface area contributed by atoms with E-state index >= 15 is 0 Å². The highest BCUT2D eigenvalue weighted by molar-refractivity contribution is 6.07. The molecular formula is C24H26N4O5. The van der Waals surface area contributed by atoms with Crippen molar-refractivity contribution in [1.82, 2.24) is 20.4 Å². The summed E-state index contributed by atoms with van der Waals surface area (Å²) in [5.41, 5.74) is 0.975. The maximum absolute atomic E-state index is 13.1. The molecule has 2 saturated heterocycles. The molecule has 3 aliphatic rings. The average Bonchev–Trinajstić information content (AvgIpc) is 3.38. The third kappa shape index (κ3) is 4.36. The number of carbonyl (C=O) groups is 3. The lowest BCUT2D eigenvalue weighted by atomic mass is 9.87. The minimum Gasteiger partial charge on any atom is -0.454 e. The molecule has 33 heavy (non-hydrogen) atoms. The Hall–Kier alpha value is -3.59. The van der Waals surface area contributed by atoms with Crippen LogP contribution in [-0.4, -0.2) is 59.6 Å². The highest BCUT2D eigenvalue weighted by atomic mass is 16.7. The summed E-state index contributed by atoms with van der Waals surface area (Å²) in [7, 11) is 0. The van der Waals surface area contributed by atoms with E-state index in [1.165, 1.54) is 4.90 Å². The topological polar surface area (TPSA) is 100 Å². The first-order chi connectivity index (χ1) is 16.0. The second-order valence-electron chi connectivity index (χ2n) is 8.63. The van der Waals surface area contributed by atoms with E-state index in [-0.39, 0.29) is 37.7 Å². The molecule has 0 atom stereocenters. The van der Waals surface area contributed by atoms with Crippen LogP contribution < -0.4 is 20.1 Å². The van der Waals surface area contributed by atoms with Crippen LogP contribution >= 0.6 is 0 Å². The Morgan fingerprint density at radius 2 is 1.76 bits per heavy atom. The van der Waals surface area contributed by atoms with Gasteiger partial charge in [0.2, 0.25) is 12.7 Å². The number of amides is 4. The van der Waals surface area contributed by atoms with Gasteiger partial charge in [-0.3, -0.25) is 19.4 Å². The predicted molar refractivity (Wildman–Crippen MR) is 118 cm³/mol. The molecule has 0 saturated carbocycles. The molecule has 172 valence electrons. The number of benzene rings is 2. The van der Waals surface area contributed by atoms with Crippen molar-refractivity contribution in [3.63, 3.8) is 0 Å². The number of nitrogens with one attached hydrogen (secondary N) is 2. The van der Waals surface area contributed by atoms with E-state index in [2.05, 4.69) is 10.6 Å². The maximum atomic E-state index is 13.1. The summed E-state index contributed by atoms with van der Waals surface area (Å²) in [6, 6.07) is 14.7. The Labute approximate surface area is 191 Å². The van der Waals surface area contributed by atoms with Gasteiger partial charge in [0.15, 0.2) is 11.5 Å². The second kappa shape index (κ2) is 8.74. The number of ether oxygens (including phenoxy) is 2. The smallest absolute Gasteiger partial charge is 0.325 e. The number of fused-ring (bicyclic) bond motifs is 1. The molecule has 3 aliphatic heterocycles. The standard InChI is InChI=1S/C24H26N4O5/c29-21(25-13-18-6-7-19-20(12-18)33-16-32-19)15-27-10-8-24(9-11-27)22(30)28(23(31)26-24)14-17-4-2-1-3-5-17/h1-7,12H,8-11,13-16H2,(H,25,29)(H,26,31). The molecule has 0 bridgehead atoms. The minimum absolute atomic E-state index is 0.0869. The molecule has 2 fully saturated rings. The van der Waals surface area contributed by atoms with Crippen LogP contribution in [0.15, 0.2) is 48.5 Å². The zero-order chi connectivity index (χ0) is 22.8. The molecule has 2 N–H and O–H groups in total. The number of nitrogens with zero attached hydrogens (tertiary/aromatic N) is 2. The molecule has 0 aromatic heterocycles. The first-order valence-electron chi connectivity index (χ1n) is 11.1. The molecule has 2 aromatic rings. The Balaban J connectivity index is 1.11. The number of urea groups is 1. The van der Waals surface area contributed by atoms with E-state index in [1.54, 1.807) is 0 Å². The summed E-state index contributed by atoms with van der Waals surface area (Å²) < 4.78 is 10.7. The van der Waals surface area contributed by atoms with Crippen molar-refractivity contribution >= 4 is 17.8 Å². The van der Waals surface area contributed by atoms with Crippen LogP contribution in [0.25, 0.3) is 0 Å². The minimum atomic E-state index is -0.870. The lowest BCUT2D eigenvalue weighted by Crippen LogP contribution is -2.56. The zero-order valence-corrected chi connectivity index (χ0v) is 18.2. The number of imide groups is 1. The summed E-state index contributed by atoms with van der Waals surface area (Å²) in [5.74, 6) is 1.13. The van der Waals surface area contributed by atoms with Crippen molar-refractivity contribution in [1.29, 1.82) is 0 Å². The number of carbonyl (C=O) groups excluding carboxylic acids is 3. The summed E-state index contributed by atoms with van der Waals surface area (Å²) >= 11 is 0. The maximum Gasteiger partial charge on any atom is 0.325 e. The SMILES string of the molecule is O=C(CN1CCC2(CC1)NC(=O)N(Cc1ccccc1)C2=O)NCc1ccc2c(c1)OCO2. The number of hydrogen-bond acceptors (Lipinski definition) is 6. The molecule has 9 nitrogen and oxygen atoms in total. The fraction of sp³-hybridized carbons (Fsp3) is 0.375. The molecular weight excluding hydrogens is 424 g/mol.